The molecular weight excluding hydrogens is 164 g/mol. The monoisotopic (exact) mass is 186 g/mol. The van der Waals surface area contributed by atoms with Crippen LogP contribution in [0.1, 0.15) is 59.3 Å². The molecule has 1 rings (SSSR count). The van der Waals surface area contributed by atoms with Crippen molar-refractivity contribution < 1.29 is 9.53 Å². The Morgan fingerprint density at radius 3 is 1.38 bits per heavy atom. The molecule has 13 heavy (non-hydrogen) atoms. The summed E-state index contributed by atoms with van der Waals surface area (Å²) in [6.07, 6.45) is 9.03. The van der Waals surface area contributed by atoms with E-state index in [-0.39, 0.29) is 12.1 Å². The molecule has 0 atom stereocenters. The molecule has 0 bridgehead atoms. The van der Waals surface area contributed by atoms with Crippen LogP contribution < -0.4 is 0 Å². The van der Waals surface area contributed by atoms with Crippen LogP contribution in [-0.4, -0.2) is 12.1 Å². The number of hydrogen-bond acceptors (Lipinski definition) is 2. The van der Waals surface area contributed by atoms with Gasteiger partial charge in [0.05, 0.1) is 6.10 Å². The summed E-state index contributed by atoms with van der Waals surface area (Å²) in [4.78, 5) is 10.0. The van der Waals surface area contributed by atoms with Gasteiger partial charge in [0.25, 0.3) is 0 Å². The Morgan fingerprint density at radius 1 is 1.00 bits per heavy atom. The summed E-state index contributed by atoms with van der Waals surface area (Å²) < 4.78 is 4.61. The highest BCUT2D eigenvalue weighted by Crippen LogP contribution is 2.15. The van der Waals surface area contributed by atoms with E-state index in [0.717, 1.165) is 0 Å². The van der Waals surface area contributed by atoms with E-state index in [9.17, 15) is 4.79 Å². The van der Waals surface area contributed by atoms with Gasteiger partial charge in [-0.3, -0.25) is 4.79 Å². The number of carbonyl (C=O) groups is 1. The van der Waals surface area contributed by atoms with E-state index in [1.165, 1.54) is 45.4 Å². The Balaban J connectivity index is 0.000000223. The summed E-state index contributed by atoms with van der Waals surface area (Å²) in [5, 5.41) is 0. The smallest absolute Gasteiger partial charge is 0.302 e. The second kappa shape index (κ2) is 8.09. The topological polar surface area (TPSA) is 26.3 Å². The first-order valence-electron chi connectivity index (χ1n) is 5.30. The molecule has 0 amide bonds. The lowest BCUT2D eigenvalue weighted by Gasteiger charge is -2.05. The molecule has 0 aromatic heterocycles. The maximum Gasteiger partial charge on any atom is 0.302 e. The normalized spacial score (nSPS) is 16.0. The molecule has 0 aromatic carbocycles. The summed E-state index contributed by atoms with van der Waals surface area (Å²) in [5.41, 5.74) is 0. The number of hydrogen-bond donors (Lipinski definition) is 0. The molecule has 0 aliphatic heterocycles. The number of ether oxygens (including phenoxy) is 1. The van der Waals surface area contributed by atoms with E-state index >= 15 is 0 Å². The van der Waals surface area contributed by atoms with Gasteiger partial charge in [-0.05, 0) is 13.8 Å². The Bertz CT molecular complexity index is 115. The molecule has 78 valence electrons. The molecule has 0 saturated heterocycles. The van der Waals surface area contributed by atoms with Crippen molar-refractivity contribution >= 4 is 5.97 Å². The van der Waals surface area contributed by atoms with Gasteiger partial charge in [0.2, 0.25) is 0 Å². The van der Waals surface area contributed by atoms with Crippen LogP contribution in [0.5, 0.6) is 0 Å². The van der Waals surface area contributed by atoms with E-state index in [4.69, 9.17) is 0 Å². The minimum atomic E-state index is -0.213. The highest BCUT2D eigenvalue weighted by atomic mass is 16.5. The fourth-order valence-electron chi connectivity index (χ4n) is 1.39. The number of carbonyl (C=O) groups excluding carboxylic acids is 1. The summed E-state index contributed by atoms with van der Waals surface area (Å²) in [6.45, 7) is 5.04. The van der Waals surface area contributed by atoms with E-state index in [2.05, 4.69) is 4.74 Å². The largest absolute Gasteiger partial charge is 0.463 e. The highest BCUT2D eigenvalue weighted by Gasteiger charge is 1.95. The van der Waals surface area contributed by atoms with Gasteiger partial charge in [0.15, 0.2) is 0 Å². The van der Waals surface area contributed by atoms with Crippen molar-refractivity contribution in [1.29, 1.82) is 0 Å². The molecular formula is C11H22O2. The van der Waals surface area contributed by atoms with Gasteiger partial charge in [0, 0.05) is 6.92 Å². The Morgan fingerprint density at radius 2 is 1.31 bits per heavy atom. The van der Waals surface area contributed by atoms with Gasteiger partial charge >= 0.3 is 5.97 Å². The molecule has 1 saturated carbocycles. The fraction of sp³-hybridized carbons (Fsp3) is 0.909. The SMILES string of the molecule is C1CCCCC1.CC(=O)OC(C)C. The Labute approximate surface area is 81.7 Å². The van der Waals surface area contributed by atoms with E-state index in [0.29, 0.717) is 0 Å². The van der Waals surface area contributed by atoms with Crippen LogP contribution >= 0.6 is 0 Å². The first-order valence-corrected chi connectivity index (χ1v) is 5.30. The zero-order valence-electron chi connectivity index (χ0n) is 9.14. The minimum Gasteiger partial charge on any atom is -0.463 e. The first-order chi connectivity index (χ1) is 6.13. The molecule has 0 spiro atoms. The van der Waals surface area contributed by atoms with Crippen LogP contribution in [0.15, 0.2) is 0 Å². The van der Waals surface area contributed by atoms with Crippen molar-refractivity contribution in [3.05, 3.63) is 0 Å². The molecule has 1 fully saturated rings. The molecule has 0 unspecified atom stereocenters. The van der Waals surface area contributed by atoms with E-state index in [1.54, 1.807) is 0 Å². The number of rotatable bonds is 1. The molecule has 0 N–H and O–H groups in total. The second-order valence-electron chi connectivity index (χ2n) is 3.78. The molecule has 1 aliphatic rings. The fourth-order valence-corrected chi connectivity index (χ4v) is 1.39. The van der Waals surface area contributed by atoms with Crippen LogP contribution in [0.4, 0.5) is 0 Å². The Hall–Kier alpha value is -0.530. The van der Waals surface area contributed by atoms with Crippen LogP contribution in [0.25, 0.3) is 0 Å². The molecule has 0 radical (unpaired) electrons. The van der Waals surface area contributed by atoms with E-state index in [1.807, 2.05) is 13.8 Å². The molecule has 2 nitrogen and oxygen atoms in total. The lowest BCUT2D eigenvalue weighted by molar-refractivity contribution is -0.144. The van der Waals surface area contributed by atoms with Gasteiger partial charge in [-0.2, -0.15) is 0 Å². The third kappa shape index (κ3) is 11.5. The van der Waals surface area contributed by atoms with Gasteiger partial charge in [0.1, 0.15) is 0 Å². The van der Waals surface area contributed by atoms with Crippen LogP contribution in [0, 0.1) is 0 Å². The van der Waals surface area contributed by atoms with Crippen molar-refractivity contribution in [2.24, 2.45) is 0 Å². The van der Waals surface area contributed by atoms with Gasteiger partial charge in [-0.25, -0.2) is 0 Å². The van der Waals surface area contributed by atoms with Crippen LogP contribution in [0.3, 0.4) is 0 Å². The third-order valence-corrected chi connectivity index (χ3v) is 1.90. The summed E-state index contributed by atoms with van der Waals surface area (Å²) in [7, 11) is 0. The van der Waals surface area contributed by atoms with E-state index < -0.39 is 0 Å². The van der Waals surface area contributed by atoms with Crippen molar-refractivity contribution in [3.8, 4) is 0 Å². The molecule has 0 heterocycles. The quantitative estimate of drug-likeness (QED) is 0.587. The number of esters is 1. The molecule has 2 heteroatoms. The first kappa shape index (κ1) is 12.5. The zero-order valence-corrected chi connectivity index (χ0v) is 9.14. The average Bonchev–Trinajstić information content (AvgIpc) is 2.06. The molecule has 0 aromatic rings. The van der Waals surface area contributed by atoms with Crippen molar-refractivity contribution in [1.82, 2.24) is 0 Å². The maximum atomic E-state index is 10.0. The Kier molecular flexibility index (Phi) is 7.76. The van der Waals surface area contributed by atoms with Gasteiger partial charge in [-0.15, -0.1) is 0 Å². The average molecular weight is 186 g/mol. The second-order valence-corrected chi connectivity index (χ2v) is 3.78. The summed E-state index contributed by atoms with van der Waals surface area (Å²) >= 11 is 0. The van der Waals surface area contributed by atoms with Crippen LogP contribution in [-0.2, 0) is 9.53 Å². The lowest BCUT2D eigenvalue weighted by Crippen LogP contribution is -2.06. The zero-order chi connectivity index (χ0) is 10.1. The predicted molar refractivity (Wildman–Crippen MR) is 54.6 cm³/mol. The third-order valence-electron chi connectivity index (χ3n) is 1.90. The van der Waals surface area contributed by atoms with Crippen molar-refractivity contribution in [2.75, 3.05) is 0 Å². The summed E-state index contributed by atoms with van der Waals surface area (Å²) in [6, 6.07) is 0. The van der Waals surface area contributed by atoms with Gasteiger partial charge in [-0.1, -0.05) is 38.5 Å². The van der Waals surface area contributed by atoms with Crippen molar-refractivity contribution in [2.45, 2.75) is 65.4 Å². The highest BCUT2D eigenvalue weighted by molar-refractivity contribution is 5.66. The van der Waals surface area contributed by atoms with Crippen molar-refractivity contribution in [3.63, 3.8) is 0 Å². The minimum absolute atomic E-state index is 0.0255. The van der Waals surface area contributed by atoms with Gasteiger partial charge < -0.3 is 4.74 Å². The summed E-state index contributed by atoms with van der Waals surface area (Å²) in [5.74, 6) is -0.213. The lowest BCUT2D eigenvalue weighted by atomic mass is 10.0. The van der Waals surface area contributed by atoms with Crippen LogP contribution in [0.2, 0.25) is 0 Å². The predicted octanol–water partition coefficient (Wildman–Crippen LogP) is 3.30. The maximum absolute atomic E-state index is 10.0. The molecule has 1 aliphatic carbocycles. The standard InChI is InChI=1S/C6H12.C5H10O2/c1-2-4-6-5-3-1;1-4(2)7-5(3)6/h1-6H2;4H,1-3H3.